The average molecular weight is 713 g/mol. The molecule has 2 unspecified atom stereocenters. The number of nitrogens with one attached hydrogen (secondary N) is 1. The Kier molecular flexibility index (Phi) is 11.7. The molecule has 5 atom stereocenters. The number of hydrogen-bond donors (Lipinski definition) is 2. The summed E-state index contributed by atoms with van der Waals surface area (Å²) in [5.41, 5.74) is 6.00. The SMILES string of the molecule is CC(C)C(=O)O[C@H]1CC(C#N)(c2ccc3c(N)ncnn23)O[C@@H]1COP(=O)(N[C@@H](C)C(=O)OCCC(C)(C)C)Oc1ccc(C(C)(C)C)cc1. The van der Waals surface area contributed by atoms with Crippen molar-refractivity contribution in [2.45, 2.75) is 104 Å². The van der Waals surface area contributed by atoms with E-state index in [1.807, 2.05) is 32.9 Å². The minimum atomic E-state index is -4.36. The maximum atomic E-state index is 14.5. The second-order valence-electron chi connectivity index (χ2n) is 15.1. The van der Waals surface area contributed by atoms with Crippen LogP contribution in [0.4, 0.5) is 5.82 Å². The Morgan fingerprint density at radius 3 is 2.40 bits per heavy atom. The summed E-state index contributed by atoms with van der Waals surface area (Å²) < 4.78 is 45.4. The number of ether oxygens (including phenoxy) is 3. The van der Waals surface area contributed by atoms with Gasteiger partial charge < -0.3 is 24.5 Å². The number of hydrogen-bond acceptors (Lipinski definition) is 12. The molecule has 14 nitrogen and oxygen atoms in total. The molecule has 3 N–H and O–H groups in total. The molecule has 2 aromatic heterocycles. The highest BCUT2D eigenvalue weighted by molar-refractivity contribution is 7.52. The van der Waals surface area contributed by atoms with Crippen LogP contribution in [0.1, 0.15) is 86.4 Å². The van der Waals surface area contributed by atoms with Crippen LogP contribution in [0.3, 0.4) is 0 Å². The fourth-order valence-electron chi connectivity index (χ4n) is 5.18. The molecule has 50 heavy (non-hydrogen) atoms. The van der Waals surface area contributed by atoms with E-state index < -0.39 is 56.1 Å². The van der Waals surface area contributed by atoms with Gasteiger partial charge >= 0.3 is 19.7 Å². The van der Waals surface area contributed by atoms with E-state index in [4.69, 9.17) is 29.0 Å². The van der Waals surface area contributed by atoms with Gasteiger partial charge in [0.1, 0.15) is 41.9 Å². The van der Waals surface area contributed by atoms with Crippen LogP contribution >= 0.6 is 7.75 Å². The smallest absolute Gasteiger partial charge is 0.459 e. The lowest BCUT2D eigenvalue weighted by atomic mass is 9.87. The van der Waals surface area contributed by atoms with Gasteiger partial charge in [-0.2, -0.15) is 15.4 Å². The number of nitrogens with zero attached hydrogens (tertiary/aromatic N) is 4. The molecular weight excluding hydrogens is 663 g/mol. The molecule has 0 radical (unpaired) electrons. The van der Waals surface area contributed by atoms with Gasteiger partial charge in [0.25, 0.3) is 0 Å². The third kappa shape index (κ3) is 9.40. The second kappa shape index (κ2) is 15.1. The predicted molar refractivity (Wildman–Crippen MR) is 186 cm³/mol. The van der Waals surface area contributed by atoms with Crippen LogP contribution in [0.2, 0.25) is 0 Å². The number of nitrogens with two attached hydrogens (primary N) is 1. The molecule has 4 rings (SSSR count). The number of carbonyl (C=O) groups excluding carboxylic acids is 2. The number of esters is 2. The number of rotatable bonds is 13. The topological polar surface area (TPSA) is 189 Å². The summed E-state index contributed by atoms with van der Waals surface area (Å²) >= 11 is 0. The van der Waals surface area contributed by atoms with Crippen molar-refractivity contribution in [3.05, 3.63) is 54.0 Å². The first-order valence-corrected chi connectivity index (χ1v) is 18.2. The molecule has 1 aliphatic heterocycles. The Balaban J connectivity index is 1.63. The maximum absolute atomic E-state index is 14.5. The van der Waals surface area contributed by atoms with Crippen molar-refractivity contribution >= 4 is 31.0 Å². The lowest BCUT2D eigenvalue weighted by Gasteiger charge is -2.26. The summed E-state index contributed by atoms with van der Waals surface area (Å²) in [4.78, 5) is 29.8. The Morgan fingerprint density at radius 2 is 1.80 bits per heavy atom. The largest absolute Gasteiger partial charge is 0.465 e. The van der Waals surface area contributed by atoms with E-state index in [1.54, 1.807) is 38.1 Å². The third-order valence-electron chi connectivity index (χ3n) is 8.23. The molecule has 0 saturated carbocycles. The van der Waals surface area contributed by atoms with Crippen LogP contribution in [-0.2, 0) is 43.9 Å². The van der Waals surface area contributed by atoms with E-state index in [0.717, 1.165) is 5.56 Å². The van der Waals surface area contributed by atoms with Gasteiger partial charge in [0.2, 0.25) is 5.60 Å². The van der Waals surface area contributed by atoms with Crippen molar-refractivity contribution in [1.29, 1.82) is 5.26 Å². The molecule has 3 aromatic rings. The van der Waals surface area contributed by atoms with Gasteiger partial charge in [-0.15, -0.1) is 0 Å². The summed E-state index contributed by atoms with van der Waals surface area (Å²) in [6.07, 6.45) is -0.283. The molecule has 0 aliphatic carbocycles. The highest BCUT2D eigenvalue weighted by atomic mass is 31.2. The van der Waals surface area contributed by atoms with Crippen LogP contribution in [0.5, 0.6) is 5.75 Å². The molecule has 0 spiro atoms. The summed E-state index contributed by atoms with van der Waals surface area (Å²) in [6.45, 7) is 16.9. The summed E-state index contributed by atoms with van der Waals surface area (Å²) in [5.74, 6) is -1.22. The molecule has 0 bridgehead atoms. The van der Waals surface area contributed by atoms with E-state index >= 15 is 0 Å². The molecule has 1 saturated heterocycles. The minimum absolute atomic E-state index is 0.0557. The monoisotopic (exact) mass is 712 g/mol. The van der Waals surface area contributed by atoms with Gasteiger partial charge in [-0.05, 0) is 54.0 Å². The van der Waals surface area contributed by atoms with Gasteiger partial charge in [0, 0.05) is 6.42 Å². The first-order chi connectivity index (χ1) is 23.3. The number of fused-ring (bicyclic) bond motifs is 1. The molecule has 3 heterocycles. The van der Waals surface area contributed by atoms with Crippen molar-refractivity contribution in [1.82, 2.24) is 19.7 Å². The van der Waals surface area contributed by atoms with E-state index in [9.17, 15) is 19.4 Å². The number of anilines is 1. The first-order valence-electron chi connectivity index (χ1n) is 16.6. The Hall–Kier alpha value is -4.02. The fraction of sp³-hybridized carbons (Fsp3) is 0.571. The zero-order valence-electron chi connectivity index (χ0n) is 30.3. The summed E-state index contributed by atoms with van der Waals surface area (Å²) in [7, 11) is -4.36. The number of aromatic nitrogens is 3. The average Bonchev–Trinajstić information content (AvgIpc) is 3.62. The molecule has 1 aromatic carbocycles. The highest BCUT2D eigenvalue weighted by Gasteiger charge is 2.53. The first kappa shape index (κ1) is 38.8. The van der Waals surface area contributed by atoms with Crippen molar-refractivity contribution < 1.29 is 37.4 Å². The van der Waals surface area contributed by atoms with E-state index in [-0.39, 0.29) is 35.4 Å². The van der Waals surface area contributed by atoms with E-state index in [0.29, 0.717) is 17.6 Å². The Labute approximate surface area is 293 Å². The van der Waals surface area contributed by atoms with Crippen LogP contribution in [0.25, 0.3) is 5.52 Å². The van der Waals surface area contributed by atoms with Crippen LogP contribution in [0.15, 0.2) is 42.7 Å². The molecular formula is C35H49N6O8P. The van der Waals surface area contributed by atoms with E-state index in [2.05, 4.69) is 42.0 Å². The Morgan fingerprint density at radius 1 is 1.12 bits per heavy atom. The van der Waals surface area contributed by atoms with E-state index in [1.165, 1.54) is 17.8 Å². The van der Waals surface area contributed by atoms with Gasteiger partial charge in [0.15, 0.2) is 5.82 Å². The van der Waals surface area contributed by atoms with Crippen molar-refractivity contribution in [3.63, 3.8) is 0 Å². The number of nitriles is 1. The van der Waals surface area contributed by atoms with Crippen LogP contribution in [-0.4, -0.2) is 58.0 Å². The third-order valence-corrected chi connectivity index (χ3v) is 9.87. The van der Waals surface area contributed by atoms with Crippen molar-refractivity contribution in [2.24, 2.45) is 11.3 Å². The number of benzene rings is 1. The molecule has 15 heteroatoms. The van der Waals surface area contributed by atoms with Crippen molar-refractivity contribution in [2.75, 3.05) is 18.9 Å². The molecule has 1 aliphatic rings. The predicted octanol–water partition coefficient (Wildman–Crippen LogP) is 5.85. The zero-order chi connectivity index (χ0) is 37.1. The number of nitrogen functional groups attached to an aromatic ring is 1. The van der Waals surface area contributed by atoms with Crippen LogP contribution in [0, 0.1) is 22.7 Å². The maximum Gasteiger partial charge on any atom is 0.459 e. The number of carbonyl (C=O) groups is 2. The zero-order valence-corrected chi connectivity index (χ0v) is 31.2. The molecule has 0 amide bonds. The standard InChI is InChI=1S/C35H49N6O8P/c1-22(2)31(42)47-27-18-35(20-36,29-15-14-26-30(37)38-21-39-41(26)29)48-28(27)19-46-50(44,40-23(3)32(43)45-17-16-33(4,5)6)49-25-12-10-24(11-13-25)34(7,8)9/h10-15,21-23,27-28H,16-19H2,1-9H3,(H,40,44)(H2,37,38,39)/t23-,27-,28+,35?,50?/m0/s1. The molecule has 272 valence electrons. The van der Waals surface area contributed by atoms with Gasteiger partial charge in [0.05, 0.1) is 24.8 Å². The Bertz CT molecular complexity index is 1760. The lowest BCUT2D eigenvalue weighted by Crippen LogP contribution is -2.37. The minimum Gasteiger partial charge on any atom is -0.465 e. The lowest BCUT2D eigenvalue weighted by molar-refractivity contribution is -0.156. The molecule has 1 fully saturated rings. The van der Waals surface area contributed by atoms with Crippen LogP contribution < -0.4 is 15.3 Å². The fourth-order valence-corrected chi connectivity index (χ4v) is 6.69. The van der Waals surface area contributed by atoms with Crippen molar-refractivity contribution in [3.8, 4) is 11.8 Å². The summed E-state index contributed by atoms with van der Waals surface area (Å²) in [6, 6.07) is 11.4. The summed E-state index contributed by atoms with van der Waals surface area (Å²) in [5, 5.41) is 17.5. The highest BCUT2D eigenvalue weighted by Crippen LogP contribution is 2.48. The quantitative estimate of drug-likeness (QED) is 0.159. The van der Waals surface area contributed by atoms with Gasteiger partial charge in [-0.1, -0.05) is 67.5 Å². The normalized spacial score (nSPS) is 21.4. The van der Waals surface area contributed by atoms with Gasteiger partial charge in [-0.3, -0.25) is 14.1 Å². The second-order valence-corrected chi connectivity index (χ2v) is 16.8. The van der Waals surface area contributed by atoms with Gasteiger partial charge in [-0.25, -0.2) is 14.1 Å².